The van der Waals surface area contributed by atoms with Crippen molar-refractivity contribution in [3.8, 4) is 5.75 Å². The molecular formula is C20H20Cl2FN3O3. The van der Waals surface area contributed by atoms with Crippen LogP contribution in [0.15, 0.2) is 18.2 Å². The van der Waals surface area contributed by atoms with Gasteiger partial charge in [0, 0.05) is 25.1 Å². The van der Waals surface area contributed by atoms with Crippen LogP contribution >= 0.6 is 23.2 Å². The van der Waals surface area contributed by atoms with Crippen LogP contribution in [0.5, 0.6) is 5.75 Å². The fraction of sp³-hybridized carbons (Fsp3) is 0.450. The summed E-state index contributed by atoms with van der Waals surface area (Å²) in [7, 11) is 1.75. The molecule has 6 nitrogen and oxygen atoms in total. The third-order valence-electron chi connectivity index (χ3n) is 5.87. The highest BCUT2D eigenvalue weighted by atomic mass is 35.5. The van der Waals surface area contributed by atoms with Crippen molar-refractivity contribution in [3.63, 3.8) is 0 Å². The molecule has 1 amide bonds. The van der Waals surface area contributed by atoms with Gasteiger partial charge in [-0.2, -0.15) is 5.10 Å². The Balaban J connectivity index is 1.26. The number of ketones is 1. The third kappa shape index (κ3) is 3.62. The first-order valence-electron chi connectivity index (χ1n) is 9.23. The molecule has 3 aliphatic rings. The molecule has 5 rings (SSSR count). The number of carbonyl (C=O) groups is 2. The smallest absolute Gasteiger partial charge is 0.258 e. The predicted octanol–water partition coefficient (Wildman–Crippen LogP) is 3.87. The molecular weight excluding hydrogens is 420 g/mol. The van der Waals surface area contributed by atoms with E-state index in [2.05, 4.69) is 10.4 Å². The quantitative estimate of drug-likeness (QED) is 0.664. The van der Waals surface area contributed by atoms with Gasteiger partial charge in [0.25, 0.3) is 5.91 Å². The zero-order valence-corrected chi connectivity index (χ0v) is 17.5. The molecule has 0 radical (unpaired) electrons. The molecule has 3 saturated carbocycles. The average Bonchev–Trinajstić information content (AvgIpc) is 2.87. The lowest BCUT2D eigenvalue weighted by Crippen LogP contribution is -2.75. The zero-order chi connectivity index (χ0) is 21.0. The van der Waals surface area contributed by atoms with Crippen molar-refractivity contribution >= 4 is 34.9 Å². The van der Waals surface area contributed by atoms with Crippen molar-refractivity contribution in [2.75, 3.05) is 6.61 Å². The molecule has 0 saturated heterocycles. The summed E-state index contributed by atoms with van der Waals surface area (Å²) in [6.45, 7) is 1.61. The van der Waals surface area contributed by atoms with Crippen molar-refractivity contribution in [1.29, 1.82) is 0 Å². The van der Waals surface area contributed by atoms with E-state index in [0.717, 1.165) is 31.0 Å². The Kier molecular flexibility index (Phi) is 4.86. The van der Waals surface area contributed by atoms with Crippen LogP contribution in [0, 0.1) is 18.2 Å². The molecule has 0 aliphatic heterocycles. The fourth-order valence-corrected chi connectivity index (χ4v) is 4.93. The van der Waals surface area contributed by atoms with Crippen LogP contribution in [0.1, 0.15) is 41.9 Å². The van der Waals surface area contributed by atoms with Crippen LogP contribution < -0.4 is 10.1 Å². The van der Waals surface area contributed by atoms with Crippen molar-refractivity contribution < 1.29 is 18.7 Å². The lowest BCUT2D eigenvalue weighted by Gasteiger charge is -2.70. The Hall–Kier alpha value is -2.12. The normalized spacial score (nSPS) is 24.4. The Morgan fingerprint density at radius 2 is 2.00 bits per heavy atom. The number of nitrogens with zero attached hydrogens (tertiary/aromatic N) is 2. The zero-order valence-electron chi connectivity index (χ0n) is 16.0. The number of halogens is 3. The van der Waals surface area contributed by atoms with Gasteiger partial charge in [-0.25, -0.2) is 4.39 Å². The number of rotatable bonds is 7. The van der Waals surface area contributed by atoms with Gasteiger partial charge in [0.15, 0.2) is 12.4 Å². The number of hydrogen-bond acceptors (Lipinski definition) is 4. The minimum atomic E-state index is -0.598. The summed E-state index contributed by atoms with van der Waals surface area (Å²) >= 11 is 11.8. The van der Waals surface area contributed by atoms with E-state index in [9.17, 15) is 14.0 Å². The minimum absolute atomic E-state index is 0.00216. The highest BCUT2D eigenvalue weighted by Crippen LogP contribution is 2.69. The summed E-state index contributed by atoms with van der Waals surface area (Å²) in [6.07, 6.45) is 2.62. The third-order valence-corrected chi connectivity index (χ3v) is 6.63. The van der Waals surface area contributed by atoms with Gasteiger partial charge >= 0.3 is 0 Å². The number of Topliss-reactive ketones (excluding diaryl/α,β-unsaturated/α-hetero) is 1. The molecule has 9 heteroatoms. The van der Waals surface area contributed by atoms with Crippen LogP contribution in [0.2, 0.25) is 10.0 Å². The van der Waals surface area contributed by atoms with E-state index in [0.29, 0.717) is 17.1 Å². The number of aromatic nitrogens is 2. The van der Waals surface area contributed by atoms with Crippen molar-refractivity contribution in [2.24, 2.45) is 12.5 Å². The number of aryl methyl sites for hydroxylation is 1. The van der Waals surface area contributed by atoms with E-state index >= 15 is 0 Å². The van der Waals surface area contributed by atoms with Gasteiger partial charge in [-0.3, -0.25) is 14.3 Å². The Labute approximate surface area is 177 Å². The molecule has 0 atom stereocenters. The van der Waals surface area contributed by atoms with Crippen molar-refractivity contribution in [2.45, 2.75) is 38.1 Å². The number of amides is 1. The first-order valence-corrected chi connectivity index (χ1v) is 9.99. The lowest BCUT2D eigenvalue weighted by molar-refractivity contribution is -0.164. The first kappa shape index (κ1) is 20.2. The van der Waals surface area contributed by atoms with Gasteiger partial charge in [0.05, 0.1) is 15.7 Å². The number of nitrogens with one attached hydrogen (secondary N) is 1. The van der Waals surface area contributed by atoms with Crippen LogP contribution in [0.25, 0.3) is 0 Å². The topological polar surface area (TPSA) is 73.2 Å². The standard InChI is InChI=1S/C20H20Cl2FN3O3/c1-11-17(22)18(25-26(11)2)15(27)6-19-8-20(9-19,10-19)24-16(28)7-29-12-3-4-13(21)14(23)5-12/h3-5H,6-10H2,1-2H3,(H,24,28). The summed E-state index contributed by atoms with van der Waals surface area (Å²) in [4.78, 5) is 24.8. The van der Waals surface area contributed by atoms with Gasteiger partial charge in [-0.15, -0.1) is 0 Å². The molecule has 2 aromatic rings. The number of benzene rings is 1. The Morgan fingerprint density at radius 3 is 2.59 bits per heavy atom. The predicted molar refractivity (Wildman–Crippen MR) is 106 cm³/mol. The molecule has 3 aliphatic carbocycles. The molecule has 1 N–H and O–H groups in total. The maximum Gasteiger partial charge on any atom is 0.258 e. The van der Waals surface area contributed by atoms with E-state index in [-0.39, 0.29) is 40.0 Å². The Morgan fingerprint density at radius 1 is 1.31 bits per heavy atom. The van der Waals surface area contributed by atoms with Gasteiger partial charge in [0.1, 0.15) is 17.3 Å². The van der Waals surface area contributed by atoms with Crippen molar-refractivity contribution in [1.82, 2.24) is 15.1 Å². The molecule has 2 bridgehead atoms. The summed E-state index contributed by atoms with van der Waals surface area (Å²) in [6, 6.07) is 4.02. The molecule has 0 unspecified atom stereocenters. The molecule has 1 aromatic heterocycles. The molecule has 3 fully saturated rings. The summed E-state index contributed by atoms with van der Waals surface area (Å²) in [5, 5.41) is 7.59. The number of hydrogen-bond donors (Lipinski definition) is 1. The van der Waals surface area contributed by atoms with Gasteiger partial charge in [0.2, 0.25) is 0 Å². The average molecular weight is 440 g/mol. The molecule has 1 aromatic carbocycles. The maximum atomic E-state index is 13.4. The van der Waals surface area contributed by atoms with Gasteiger partial charge in [-0.1, -0.05) is 23.2 Å². The highest BCUT2D eigenvalue weighted by Gasteiger charge is 2.68. The van der Waals surface area contributed by atoms with E-state index in [1.807, 2.05) is 6.92 Å². The monoisotopic (exact) mass is 439 g/mol. The first-order chi connectivity index (χ1) is 13.6. The molecule has 0 spiro atoms. The van der Waals surface area contributed by atoms with E-state index in [4.69, 9.17) is 27.9 Å². The van der Waals surface area contributed by atoms with E-state index in [1.165, 1.54) is 12.1 Å². The maximum absolute atomic E-state index is 13.4. The second kappa shape index (κ2) is 6.99. The van der Waals surface area contributed by atoms with Gasteiger partial charge < -0.3 is 10.1 Å². The van der Waals surface area contributed by atoms with Crippen molar-refractivity contribution in [3.05, 3.63) is 45.4 Å². The van der Waals surface area contributed by atoms with E-state index in [1.54, 1.807) is 11.7 Å². The molecule has 154 valence electrons. The van der Waals surface area contributed by atoms with Crippen LogP contribution in [-0.4, -0.2) is 33.6 Å². The number of ether oxygens (including phenoxy) is 1. The summed E-state index contributed by atoms with van der Waals surface area (Å²) in [5.74, 6) is -0.696. The number of carbonyl (C=O) groups excluding carboxylic acids is 2. The summed E-state index contributed by atoms with van der Waals surface area (Å²) < 4.78 is 20.3. The highest BCUT2D eigenvalue weighted by molar-refractivity contribution is 6.34. The van der Waals surface area contributed by atoms with Crippen LogP contribution in [0.3, 0.4) is 0 Å². The molecule has 29 heavy (non-hydrogen) atoms. The van der Waals surface area contributed by atoms with Crippen LogP contribution in [0.4, 0.5) is 4.39 Å². The molecule has 1 heterocycles. The summed E-state index contributed by atoms with van der Waals surface area (Å²) in [5.41, 5.74) is 0.727. The lowest BCUT2D eigenvalue weighted by atomic mass is 9.38. The second-order valence-corrected chi connectivity index (χ2v) is 8.98. The largest absolute Gasteiger partial charge is 0.484 e. The fourth-order valence-electron chi connectivity index (χ4n) is 4.55. The Bertz CT molecular complexity index is 1000. The second-order valence-electron chi connectivity index (χ2n) is 8.19. The van der Waals surface area contributed by atoms with E-state index < -0.39 is 5.82 Å². The minimum Gasteiger partial charge on any atom is -0.484 e. The van der Waals surface area contributed by atoms with Gasteiger partial charge in [-0.05, 0) is 43.7 Å². The van der Waals surface area contributed by atoms with Crippen LogP contribution in [-0.2, 0) is 11.8 Å². The SMILES string of the molecule is Cc1c(Cl)c(C(=O)CC23CC(NC(=O)COc4ccc(Cl)c(F)c4)(C2)C3)nn1C.